The average Bonchev–Trinajstić information content (AvgIpc) is 2.43. The Kier molecular flexibility index (Phi) is 4.94. The van der Waals surface area contributed by atoms with Crippen LogP contribution in [0.3, 0.4) is 0 Å². The lowest BCUT2D eigenvalue weighted by molar-refractivity contribution is 0.414. The molecule has 0 bridgehead atoms. The van der Waals surface area contributed by atoms with Gasteiger partial charge in [-0.05, 0) is 42.3 Å². The maximum Gasteiger partial charge on any atom is 0.118 e. The van der Waals surface area contributed by atoms with Crippen molar-refractivity contribution in [3.8, 4) is 5.75 Å². The van der Waals surface area contributed by atoms with Crippen LogP contribution in [0.4, 0.5) is 5.69 Å². The lowest BCUT2D eigenvalue weighted by atomic mass is 10.1. The molecule has 0 unspecified atom stereocenters. The van der Waals surface area contributed by atoms with Crippen molar-refractivity contribution < 1.29 is 4.74 Å². The topological polar surface area (TPSA) is 21.3 Å². The van der Waals surface area contributed by atoms with Gasteiger partial charge in [0.2, 0.25) is 0 Å². The second kappa shape index (κ2) is 6.69. The van der Waals surface area contributed by atoms with E-state index in [0.29, 0.717) is 10.0 Å². The predicted molar refractivity (Wildman–Crippen MR) is 81.6 cm³/mol. The number of hydrogen-bond donors (Lipinski definition) is 1. The number of methoxy groups -OCH3 is 1. The first-order valence-electron chi connectivity index (χ1n) is 6.01. The first-order valence-corrected chi connectivity index (χ1v) is 6.76. The number of hydrogen-bond acceptors (Lipinski definition) is 2. The van der Waals surface area contributed by atoms with Crippen molar-refractivity contribution in [1.82, 2.24) is 0 Å². The van der Waals surface area contributed by atoms with E-state index in [1.54, 1.807) is 19.2 Å². The summed E-state index contributed by atoms with van der Waals surface area (Å²) in [6, 6.07) is 13.4. The van der Waals surface area contributed by atoms with E-state index in [9.17, 15) is 0 Å². The SMILES string of the molecule is COc1ccc(CCNc2cc(Cl)ccc2Cl)cc1. The van der Waals surface area contributed by atoms with Gasteiger partial charge < -0.3 is 10.1 Å². The van der Waals surface area contributed by atoms with Gasteiger partial charge in [-0.25, -0.2) is 0 Å². The van der Waals surface area contributed by atoms with Crippen molar-refractivity contribution in [3.05, 3.63) is 58.1 Å². The summed E-state index contributed by atoms with van der Waals surface area (Å²) in [4.78, 5) is 0. The second-order valence-electron chi connectivity index (χ2n) is 4.15. The summed E-state index contributed by atoms with van der Waals surface area (Å²) in [5.74, 6) is 0.870. The van der Waals surface area contributed by atoms with E-state index < -0.39 is 0 Å². The molecule has 0 aromatic heterocycles. The fraction of sp³-hybridized carbons (Fsp3) is 0.200. The molecule has 0 radical (unpaired) electrons. The Labute approximate surface area is 123 Å². The minimum absolute atomic E-state index is 0.677. The summed E-state index contributed by atoms with van der Waals surface area (Å²) in [6.45, 7) is 0.798. The third-order valence-corrected chi connectivity index (χ3v) is 3.38. The molecule has 0 fully saturated rings. The minimum atomic E-state index is 0.677. The lowest BCUT2D eigenvalue weighted by Crippen LogP contribution is -2.05. The predicted octanol–water partition coefficient (Wildman–Crippen LogP) is 4.66. The van der Waals surface area contributed by atoms with Crippen molar-refractivity contribution in [2.75, 3.05) is 19.0 Å². The molecule has 19 heavy (non-hydrogen) atoms. The number of halogens is 2. The third-order valence-electron chi connectivity index (χ3n) is 2.82. The molecule has 1 N–H and O–H groups in total. The molecule has 0 amide bonds. The summed E-state index contributed by atoms with van der Waals surface area (Å²) in [7, 11) is 1.66. The highest BCUT2D eigenvalue weighted by atomic mass is 35.5. The second-order valence-corrected chi connectivity index (χ2v) is 4.99. The van der Waals surface area contributed by atoms with Gasteiger partial charge in [0, 0.05) is 11.6 Å². The van der Waals surface area contributed by atoms with Gasteiger partial charge in [-0.2, -0.15) is 0 Å². The molecule has 0 spiro atoms. The van der Waals surface area contributed by atoms with E-state index in [1.807, 2.05) is 18.2 Å². The van der Waals surface area contributed by atoms with Crippen LogP contribution in [0.1, 0.15) is 5.56 Å². The summed E-state index contributed by atoms with van der Waals surface area (Å²) < 4.78 is 5.12. The molecule has 2 rings (SSSR count). The highest BCUT2D eigenvalue weighted by molar-refractivity contribution is 6.35. The fourth-order valence-corrected chi connectivity index (χ4v) is 2.12. The molecular weight excluding hydrogens is 281 g/mol. The smallest absolute Gasteiger partial charge is 0.118 e. The molecule has 0 heterocycles. The van der Waals surface area contributed by atoms with Gasteiger partial charge in [-0.15, -0.1) is 0 Å². The Bertz CT molecular complexity index is 540. The Morgan fingerprint density at radius 1 is 1.05 bits per heavy atom. The van der Waals surface area contributed by atoms with Crippen molar-refractivity contribution in [3.63, 3.8) is 0 Å². The first kappa shape index (κ1) is 14.0. The Morgan fingerprint density at radius 3 is 2.47 bits per heavy atom. The van der Waals surface area contributed by atoms with Gasteiger partial charge in [-0.1, -0.05) is 35.3 Å². The molecule has 100 valence electrons. The van der Waals surface area contributed by atoms with Crippen molar-refractivity contribution in [2.24, 2.45) is 0 Å². The van der Waals surface area contributed by atoms with E-state index in [2.05, 4.69) is 17.4 Å². The highest BCUT2D eigenvalue weighted by Gasteiger charge is 2.01. The molecule has 0 atom stereocenters. The molecule has 4 heteroatoms. The third kappa shape index (κ3) is 4.05. The summed E-state index contributed by atoms with van der Waals surface area (Å²) in [5, 5.41) is 4.64. The van der Waals surface area contributed by atoms with Crippen molar-refractivity contribution >= 4 is 28.9 Å². The Hall–Kier alpha value is -1.38. The minimum Gasteiger partial charge on any atom is -0.497 e. The number of nitrogens with one attached hydrogen (secondary N) is 1. The maximum absolute atomic E-state index is 6.08. The zero-order valence-electron chi connectivity index (χ0n) is 10.6. The van der Waals surface area contributed by atoms with Crippen LogP contribution in [0, 0.1) is 0 Å². The van der Waals surface area contributed by atoms with Crippen molar-refractivity contribution in [1.29, 1.82) is 0 Å². The quantitative estimate of drug-likeness (QED) is 0.866. The van der Waals surface area contributed by atoms with Gasteiger partial charge in [0.05, 0.1) is 17.8 Å². The molecule has 2 nitrogen and oxygen atoms in total. The summed E-state index contributed by atoms with van der Waals surface area (Å²) >= 11 is 12.0. The number of ether oxygens (including phenoxy) is 1. The van der Waals surface area contributed by atoms with Crippen LogP contribution in [0.25, 0.3) is 0 Å². The van der Waals surface area contributed by atoms with Crippen molar-refractivity contribution in [2.45, 2.75) is 6.42 Å². The average molecular weight is 296 g/mol. The van der Waals surface area contributed by atoms with Crippen LogP contribution in [0.5, 0.6) is 5.75 Å². The number of benzene rings is 2. The van der Waals surface area contributed by atoms with E-state index in [-0.39, 0.29) is 0 Å². The van der Waals surface area contributed by atoms with Gasteiger partial charge in [0.25, 0.3) is 0 Å². The first-order chi connectivity index (χ1) is 9.19. The van der Waals surface area contributed by atoms with Crippen LogP contribution in [-0.4, -0.2) is 13.7 Å². The lowest BCUT2D eigenvalue weighted by Gasteiger charge is -2.09. The normalized spacial score (nSPS) is 10.3. The largest absolute Gasteiger partial charge is 0.497 e. The standard InChI is InChI=1S/C15H15Cl2NO/c1-19-13-5-2-11(3-6-13)8-9-18-15-10-12(16)4-7-14(15)17/h2-7,10,18H,8-9H2,1H3. The summed E-state index contributed by atoms with van der Waals surface area (Å²) in [5.41, 5.74) is 2.11. The van der Waals surface area contributed by atoms with Gasteiger partial charge in [0.15, 0.2) is 0 Å². The molecule has 2 aromatic rings. The zero-order chi connectivity index (χ0) is 13.7. The van der Waals surface area contributed by atoms with E-state index >= 15 is 0 Å². The van der Waals surface area contributed by atoms with E-state index in [1.165, 1.54) is 5.56 Å². The van der Waals surface area contributed by atoms with Gasteiger partial charge in [0.1, 0.15) is 5.75 Å². The number of rotatable bonds is 5. The molecule has 0 saturated carbocycles. The maximum atomic E-state index is 6.08. The monoisotopic (exact) mass is 295 g/mol. The van der Waals surface area contributed by atoms with Gasteiger partial charge >= 0.3 is 0 Å². The zero-order valence-corrected chi connectivity index (χ0v) is 12.1. The fourth-order valence-electron chi connectivity index (χ4n) is 1.77. The molecular formula is C15H15Cl2NO. The molecule has 0 aliphatic carbocycles. The molecule has 0 aliphatic rings. The van der Waals surface area contributed by atoms with E-state index in [0.717, 1.165) is 24.4 Å². The Balaban J connectivity index is 1.90. The van der Waals surface area contributed by atoms with Crippen LogP contribution >= 0.6 is 23.2 Å². The van der Waals surface area contributed by atoms with Crippen LogP contribution in [0.15, 0.2) is 42.5 Å². The molecule has 0 aliphatic heterocycles. The number of anilines is 1. The molecule has 0 saturated heterocycles. The Morgan fingerprint density at radius 2 is 1.79 bits per heavy atom. The van der Waals surface area contributed by atoms with Crippen LogP contribution < -0.4 is 10.1 Å². The van der Waals surface area contributed by atoms with Crippen LogP contribution in [0.2, 0.25) is 10.0 Å². The molecule has 2 aromatic carbocycles. The van der Waals surface area contributed by atoms with E-state index in [4.69, 9.17) is 27.9 Å². The van der Waals surface area contributed by atoms with Crippen LogP contribution in [-0.2, 0) is 6.42 Å². The van der Waals surface area contributed by atoms with Gasteiger partial charge in [-0.3, -0.25) is 0 Å². The summed E-state index contributed by atoms with van der Waals surface area (Å²) in [6.07, 6.45) is 0.910. The highest BCUT2D eigenvalue weighted by Crippen LogP contribution is 2.25.